The summed E-state index contributed by atoms with van der Waals surface area (Å²) < 4.78 is 0. The van der Waals surface area contributed by atoms with Gasteiger partial charge in [-0.25, -0.2) is 0 Å². The summed E-state index contributed by atoms with van der Waals surface area (Å²) in [5.41, 5.74) is 0. The van der Waals surface area contributed by atoms with Crippen molar-refractivity contribution in [2.75, 3.05) is 0 Å². The number of hydrogen-bond donors (Lipinski definition) is 0. The Morgan fingerprint density at radius 3 is 1.92 bits per heavy atom. The first-order valence-electron chi connectivity index (χ1n) is 6.09. The van der Waals surface area contributed by atoms with Crippen molar-refractivity contribution in [1.29, 1.82) is 0 Å². The van der Waals surface area contributed by atoms with Crippen LogP contribution in [-0.4, -0.2) is 0 Å². The third-order valence-electron chi connectivity index (χ3n) is 3.18. The van der Waals surface area contributed by atoms with Gasteiger partial charge < -0.3 is 0 Å². The van der Waals surface area contributed by atoms with Crippen molar-refractivity contribution in [2.45, 2.75) is 59.8 Å². The molecule has 0 aliphatic heterocycles. The van der Waals surface area contributed by atoms with E-state index in [1.54, 1.807) is 0 Å². The Kier molecular flexibility index (Phi) is 4.28. The van der Waals surface area contributed by atoms with Crippen molar-refractivity contribution >= 4 is 0 Å². The van der Waals surface area contributed by atoms with Gasteiger partial charge in [0.25, 0.3) is 0 Å². The van der Waals surface area contributed by atoms with Crippen molar-refractivity contribution in [3.05, 3.63) is 0 Å². The van der Waals surface area contributed by atoms with Crippen LogP contribution in [0.3, 0.4) is 0 Å². The minimum atomic E-state index is 0.897. The van der Waals surface area contributed by atoms with Gasteiger partial charge in [0.05, 0.1) is 0 Å². The highest BCUT2D eigenvalue weighted by molar-refractivity contribution is 4.82. The molecule has 0 heteroatoms. The van der Waals surface area contributed by atoms with Gasteiger partial charge in [-0.05, 0) is 49.4 Å². The lowest BCUT2D eigenvalue weighted by atomic mass is 9.87. The van der Waals surface area contributed by atoms with Crippen LogP contribution < -0.4 is 0 Å². The third-order valence-corrected chi connectivity index (χ3v) is 3.18. The monoisotopic (exact) mass is 182 g/mol. The smallest absolute Gasteiger partial charge is 0.0383 e. The van der Waals surface area contributed by atoms with Gasteiger partial charge >= 0.3 is 0 Å². The first-order valence-corrected chi connectivity index (χ1v) is 6.09. The summed E-state index contributed by atoms with van der Waals surface area (Å²) in [7, 11) is 0. The summed E-state index contributed by atoms with van der Waals surface area (Å²) in [6.45, 7) is 9.42. The van der Waals surface area contributed by atoms with E-state index < -0.39 is 0 Å². The van der Waals surface area contributed by atoms with Crippen LogP contribution in [0.4, 0.5) is 0 Å². The van der Waals surface area contributed by atoms with Gasteiger partial charge in [0.15, 0.2) is 0 Å². The maximum Gasteiger partial charge on any atom is -0.0383 e. The topological polar surface area (TPSA) is 0 Å². The van der Waals surface area contributed by atoms with E-state index in [0.717, 1.165) is 23.7 Å². The molecule has 1 atom stereocenters. The number of hydrogen-bond acceptors (Lipinski definition) is 0. The van der Waals surface area contributed by atoms with Crippen LogP contribution in [0.2, 0.25) is 0 Å². The van der Waals surface area contributed by atoms with Crippen LogP contribution in [0.5, 0.6) is 0 Å². The van der Waals surface area contributed by atoms with Gasteiger partial charge in [0.1, 0.15) is 0 Å². The Labute approximate surface area is 84.1 Å². The lowest BCUT2D eigenvalue weighted by Gasteiger charge is -2.19. The molecule has 1 rings (SSSR count). The van der Waals surface area contributed by atoms with Gasteiger partial charge in [-0.1, -0.05) is 34.1 Å². The normalized spacial score (nSPS) is 19.8. The summed E-state index contributed by atoms with van der Waals surface area (Å²) in [5.74, 6) is 3.97. The lowest BCUT2D eigenvalue weighted by molar-refractivity contribution is 0.322. The van der Waals surface area contributed by atoms with E-state index in [1.807, 2.05) is 0 Å². The minimum absolute atomic E-state index is 0.897. The van der Waals surface area contributed by atoms with Crippen molar-refractivity contribution < 1.29 is 0 Å². The molecule has 0 bridgehead atoms. The maximum atomic E-state index is 2.37. The van der Waals surface area contributed by atoms with E-state index >= 15 is 0 Å². The third kappa shape index (κ3) is 4.69. The molecule has 1 aliphatic carbocycles. The van der Waals surface area contributed by atoms with Crippen LogP contribution in [0, 0.1) is 23.7 Å². The van der Waals surface area contributed by atoms with Crippen molar-refractivity contribution in [3.8, 4) is 0 Å². The second-order valence-corrected chi connectivity index (χ2v) is 5.70. The zero-order valence-corrected chi connectivity index (χ0v) is 9.84. The summed E-state index contributed by atoms with van der Waals surface area (Å²) in [4.78, 5) is 0. The van der Waals surface area contributed by atoms with Gasteiger partial charge in [-0.3, -0.25) is 0 Å². The van der Waals surface area contributed by atoms with E-state index in [1.165, 1.54) is 32.1 Å². The molecule has 0 amide bonds. The van der Waals surface area contributed by atoms with Gasteiger partial charge in [0.2, 0.25) is 0 Å². The first-order chi connectivity index (χ1) is 6.09. The van der Waals surface area contributed by atoms with E-state index in [4.69, 9.17) is 0 Å². The summed E-state index contributed by atoms with van der Waals surface area (Å²) in [6.07, 6.45) is 7.44. The van der Waals surface area contributed by atoms with E-state index in [0.29, 0.717) is 0 Å². The quantitative estimate of drug-likeness (QED) is 0.567. The molecular weight excluding hydrogens is 156 g/mol. The zero-order chi connectivity index (χ0) is 9.84. The summed E-state index contributed by atoms with van der Waals surface area (Å²) in [6, 6.07) is 0. The fourth-order valence-corrected chi connectivity index (χ4v) is 2.27. The molecule has 0 unspecified atom stereocenters. The van der Waals surface area contributed by atoms with E-state index in [2.05, 4.69) is 27.7 Å². The van der Waals surface area contributed by atoms with Crippen LogP contribution in [0.1, 0.15) is 59.8 Å². The predicted octanol–water partition coefficient (Wildman–Crippen LogP) is 4.49. The molecule has 1 aliphatic rings. The van der Waals surface area contributed by atoms with Crippen molar-refractivity contribution in [3.63, 3.8) is 0 Å². The molecule has 0 heterocycles. The summed E-state index contributed by atoms with van der Waals surface area (Å²) >= 11 is 0. The van der Waals surface area contributed by atoms with Gasteiger partial charge in [-0.2, -0.15) is 0 Å². The second-order valence-electron chi connectivity index (χ2n) is 5.70. The first kappa shape index (κ1) is 11.1. The fraction of sp³-hybridized carbons (Fsp3) is 1.00. The Balaban J connectivity index is 2.21. The molecular formula is C13H26. The van der Waals surface area contributed by atoms with Crippen LogP contribution in [0.15, 0.2) is 0 Å². The van der Waals surface area contributed by atoms with Gasteiger partial charge in [0, 0.05) is 0 Å². The van der Waals surface area contributed by atoms with Crippen molar-refractivity contribution in [2.24, 2.45) is 23.7 Å². The highest BCUT2D eigenvalue weighted by Crippen LogP contribution is 2.42. The van der Waals surface area contributed by atoms with Crippen LogP contribution in [-0.2, 0) is 0 Å². The molecule has 0 aromatic rings. The van der Waals surface area contributed by atoms with E-state index in [9.17, 15) is 0 Å². The SMILES string of the molecule is CC(C)CC[C@@H](CC(C)C)C1CC1. The van der Waals surface area contributed by atoms with Crippen LogP contribution >= 0.6 is 0 Å². The highest BCUT2D eigenvalue weighted by atomic mass is 14.4. The Morgan fingerprint density at radius 1 is 0.923 bits per heavy atom. The molecule has 1 fully saturated rings. The molecule has 0 spiro atoms. The van der Waals surface area contributed by atoms with Crippen LogP contribution in [0.25, 0.3) is 0 Å². The lowest BCUT2D eigenvalue weighted by Crippen LogP contribution is -2.08. The molecule has 13 heavy (non-hydrogen) atoms. The average molecular weight is 182 g/mol. The summed E-state index contributed by atoms with van der Waals surface area (Å²) in [5, 5.41) is 0. The van der Waals surface area contributed by atoms with Crippen molar-refractivity contribution in [1.82, 2.24) is 0 Å². The predicted molar refractivity (Wildman–Crippen MR) is 59.7 cm³/mol. The highest BCUT2D eigenvalue weighted by Gasteiger charge is 2.30. The maximum absolute atomic E-state index is 2.37. The molecule has 0 saturated heterocycles. The zero-order valence-electron chi connectivity index (χ0n) is 9.84. The molecule has 0 aromatic carbocycles. The minimum Gasteiger partial charge on any atom is -0.0628 e. The standard InChI is InChI=1S/C13H26/c1-10(2)5-6-13(9-11(3)4)12-7-8-12/h10-13H,5-9H2,1-4H3/t13-/m0/s1. The average Bonchev–Trinajstić information content (AvgIpc) is 2.78. The number of rotatable bonds is 6. The second kappa shape index (κ2) is 5.02. The van der Waals surface area contributed by atoms with E-state index in [-0.39, 0.29) is 0 Å². The molecule has 0 nitrogen and oxygen atoms in total. The fourth-order valence-electron chi connectivity index (χ4n) is 2.27. The molecule has 0 N–H and O–H groups in total. The Bertz CT molecular complexity index is 131. The molecule has 0 aromatic heterocycles. The Morgan fingerprint density at radius 2 is 1.54 bits per heavy atom. The Hall–Kier alpha value is 0. The molecule has 0 radical (unpaired) electrons. The molecule has 78 valence electrons. The largest absolute Gasteiger partial charge is 0.0628 e. The molecule has 1 saturated carbocycles. The van der Waals surface area contributed by atoms with Gasteiger partial charge in [-0.15, -0.1) is 0 Å².